The van der Waals surface area contributed by atoms with E-state index in [1.54, 1.807) is 18.5 Å². The standard InChI is InChI=1S/C8H9BrN2O2/c9-6-1-5(3-11-4-6)7(10)2-8(12)13/h1,3-4,7H,2,10H2,(H,12,13)/t7-/m1/s1. The number of nitrogens with two attached hydrogens (primary N) is 1. The first kappa shape index (κ1) is 10.1. The number of aromatic nitrogens is 1. The zero-order chi connectivity index (χ0) is 9.84. The lowest BCUT2D eigenvalue weighted by atomic mass is 10.1. The number of aliphatic carboxylic acids is 1. The summed E-state index contributed by atoms with van der Waals surface area (Å²) >= 11 is 3.23. The maximum atomic E-state index is 10.4. The Morgan fingerprint density at radius 1 is 1.69 bits per heavy atom. The number of carbonyl (C=O) groups is 1. The van der Waals surface area contributed by atoms with Crippen LogP contribution in [0, 0.1) is 0 Å². The molecule has 0 amide bonds. The maximum Gasteiger partial charge on any atom is 0.305 e. The Balaban J connectivity index is 2.76. The lowest BCUT2D eigenvalue weighted by molar-refractivity contribution is -0.137. The van der Waals surface area contributed by atoms with Crippen LogP contribution in [0.1, 0.15) is 18.0 Å². The van der Waals surface area contributed by atoms with Crippen LogP contribution in [-0.4, -0.2) is 16.1 Å². The highest BCUT2D eigenvalue weighted by Crippen LogP contribution is 2.16. The first-order valence-corrected chi connectivity index (χ1v) is 4.46. The molecule has 0 spiro atoms. The van der Waals surface area contributed by atoms with E-state index in [9.17, 15) is 4.79 Å². The SMILES string of the molecule is N[C@H](CC(=O)O)c1cncc(Br)c1. The van der Waals surface area contributed by atoms with Gasteiger partial charge in [0, 0.05) is 22.9 Å². The number of pyridine rings is 1. The van der Waals surface area contributed by atoms with Gasteiger partial charge in [-0.2, -0.15) is 0 Å². The molecule has 0 aliphatic carbocycles. The van der Waals surface area contributed by atoms with Crippen molar-refractivity contribution in [1.29, 1.82) is 0 Å². The van der Waals surface area contributed by atoms with E-state index >= 15 is 0 Å². The highest BCUT2D eigenvalue weighted by Gasteiger charge is 2.10. The largest absolute Gasteiger partial charge is 0.481 e. The van der Waals surface area contributed by atoms with Gasteiger partial charge in [0.2, 0.25) is 0 Å². The van der Waals surface area contributed by atoms with Crippen molar-refractivity contribution in [2.24, 2.45) is 5.73 Å². The molecule has 0 radical (unpaired) electrons. The Morgan fingerprint density at radius 3 is 2.92 bits per heavy atom. The van der Waals surface area contributed by atoms with Gasteiger partial charge in [0.15, 0.2) is 0 Å². The number of hydrogen-bond donors (Lipinski definition) is 2. The predicted molar refractivity (Wildman–Crippen MR) is 51.1 cm³/mol. The third kappa shape index (κ3) is 3.12. The number of halogens is 1. The second kappa shape index (κ2) is 4.34. The molecule has 13 heavy (non-hydrogen) atoms. The van der Waals surface area contributed by atoms with E-state index < -0.39 is 12.0 Å². The van der Waals surface area contributed by atoms with E-state index in [0.717, 1.165) is 10.0 Å². The van der Waals surface area contributed by atoms with Crippen LogP contribution in [0.15, 0.2) is 22.9 Å². The van der Waals surface area contributed by atoms with Crippen molar-refractivity contribution in [3.05, 3.63) is 28.5 Å². The monoisotopic (exact) mass is 244 g/mol. The van der Waals surface area contributed by atoms with Gasteiger partial charge in [0.1, 0.15) is 0 Å². The van der Waals surface area contributed by atoms with Gasteiger partial charge in [-0.05, 0) is 27.6 Å². The smallest absolute Gasteiger partial charge is 0.305 e. The van der Waals surface area contributed by atoms with Crippen LogP contribution in [0.3, 0.4) is 0 Å². The lowest BCUT2D eigenvalue weighted by Crippen LogP contribution is -2.15. The summed E-state index contributed by atoms with van der Waals surface area (Å²) in [5, 5.41) is 8.50. The molecule has 0 fully saturated rings. The third-order valence-corrected chi connectivity index (χ3v) is 1.98. The molecule has 1 aromatic rings. The molecule has 1 aromatic heterocycles. The molecule has 0 aliphatic rings. The number of carboxylic acids is 1. The fourth-order valence-corrected chi connectivity index (χ4v) is 1.32. The van der Waals surface area contributed by atoms with Crippen molar-refractivity contribution in [3.8, 4) is 0 Å². The van der Waals surface area contributed by atoms with Crippen molar-refractivity contribution in [1.82, 2.24) is 4.98 Å². The molecule has 3 N–H and O–H groups in total. The number of hydrogen-bond acceptors (Lipinski definition) is 3. The summed E-state index contributed by atoms with van der Waals surface area (Å²) < 4.78 is 0.797. The van der Waals surface area contributed by atoms with Crippen LogP contribution in [0.2, 0.25) is 0 Å². The Bertz CT molecular complexity index is 317. The summed E-state index contributed by atoms with van der Waals surface area (Å²) in [6, 6.07) is 1.27. The van der Waals surface area contributed by atoms with Crippen LogP contribution in [0.5, 0.6) is 0 Å². The predicted octanol–water partition coefficient (Wildman–Crippen LogP) is 1.32. The fraction of sp³-hybridized carbons (Fsp3) is 0.250. The van der Waals surface area contributed by atoms with Gasteiger partial charge in [0.25, 0.3) is 0 Å². The van der Waals surface area contributed by atoms with Crippen LogP contribution < -0.4 is 5.73 Å². The summed E-state index contributed by atoms with van der Waals surface area (Å²) in [4.78, 5) is 14.2. The van der Waals surface area contributed by atoms with Crippen LogP contribution >= 0.6 is 15.9 Å². The first-order valence-electron chi connectivity index (χ1n) is 3.67. The zero-order valence-electron chi connectivity index (χ0n) is 6.77. The normalized spacial score (nSPS) is 12.5. The van der Waals surface area contributed by atoms with E-state index in [-0.39, 0.29) is 6.42 Å². The third-order valence-electron chi connectivity index (χ3n) is 1.55. The Hall–Kier alpha value is -0.940. The average molecular weight is 245 g/mol. The maximum absolute atomic E-state index is 10.4. The molecule has 0 bridgehead atoms. The molecular formula is C8H9BrN2O2. The topological polar surface area (TPSA) is 76.2 Å². The van der Waals surface area contributed by atoms with E-state index in [2.05, 4.69) is 20.9 Å². The number of carboxylic acid groups (broad SMARTS) is 1. The second-order valence-corrected chi connectivity index (χ2v) is 3.56. The van der Waals surface area contributed by atoms with Crippen molar-refractivity contribution in [2.75, 3.05) is 0 Å². The molecule has 0 aromatic carbocycles. The minimum atomic E-state index is -0.910. The molecule has 4 nitrogen and oxygen atoms in total. The van der Waals surface area contributed by atoms with Gasteiger partial charge >= 0.3 is 5.97 Å². The highest BCUT2D eigenvalue weighted by atomic mass is 79.9. The van der Waals surface area contributed by atoms with E-state index in [4.69, 9.17) is 10.8 Å². The van der Waals surface area contributed by atoms with E-state index in [1.807, 2.05) is 0 Å². The molecule has 1 heterocycles. The Kier molecular flexibility index (Phi) is 3.39. The van der Waals surface area contributed by atoms with Gasteiger partial charge in [-0.15, -0.1) is 0 Å². The molecule has 5 heteroatoms. The highest BCUT2D eigenvalue weighted by molar-refractivity contribution is 9.10. The molecule has 1 rings (SSSR count). The van der Waals surface area contributed by atoms with E-state index in [0.29, 0.717) is 0 Å². The van der Waals surface area contributed by atoms with Crippen molar-refractivity contribution in [3.63, 3.8) is 0 Å². The van der Waals surface area contributed by atoms with Gasteiger partial charge in [-0.25, -0.2) is 0 Å². The molecule has 0 saturated carbocycles. The summed E-state index contributed by atoms with van der Waals surface area (Å²) in [5.41, 5.74) is 6.34. The lowest BCUT2D eigenvalue weighted by Gasteiger charge is -2.08. The summed E-state index contributed by atoms with van der Waals surface area (Å²) in [6.07, 6.45) is 3.10. The molecule has 70 valence electrons. The first-order chi connectivity index (χ1) is 6.09. The van der Waals surface area contributed by atoms with Gasteiger partial charge < -0.3 is 10.8 Å². The zero-order valence-corrected chi connectivity index (χ0v) is 8.36. The van der Waals surface area contributed by atoms with Crippen molar-refractivity contribution >= 4 is 21.9 Å². The second-order valence-electron chi connectivity index (χ2n) is 2.64. The average Bonchev–Trinajstić information content (AvgIpc) is 2.03. The Labute approximate surface area is 83.9 Å². The fourth-order valence-electron chi connectivity index (χ4n) is 0.937. The minimum absolute atomic E-state index is 0.0852. The molecule has 0 saturated heterocycles. The number of rotatable bonds is 3. The Morgan fingerprint density at radius 2 is 2.38 bits per heavy atom. The van der Waals surface area contributed by atoms with E-state index in [1.165, 1.54) is 0 Å². The van der Waals surface area contributed by atoms with Gasteiger partial charge in [-0.3, -0.25) is 9.78 Å². The summed E-state index contributed by atoms with van der Waals surface area (Å²) in [7, 11) is 0. The minimum Gasteiger partial charge on any atom is -0.481 e. The molecule has 0 unspecified atom stereocenters. The summed E-state index contributed by atoms with van der Waals surface area (Å²) in [5.74, 6) is -0.910. The molecule has 1 atom stereocenters. The molecular weight excluding hydrogens is 236 g/mol. The summed E-state index contributed by atoms with van der Waals surface area (Å²) in [6.45, 7) is 0. The molecule has 0 aliphatic heterocycles. The quantitative estimate of drug-likeness (QED) is 0.841. The van der Waals surface area contributed by atoms with Crippen molar-refractivity contribution in [2.45, 2.75) is 12.5 Å². The van der Waals surface area contributed by atoms with Crippen molar-refractivity contribution < 1.29 is 9.90 Å². The van der Waals surface area contributed by atoms with Gasteiger partial charge in [0.05, 0.1) is 6.42 Å². The van der Waals surface area contributed by atoms with Gasteiger partial charge in [-0.1, -0.05) is 0 Å². The number of nitrogens with zero attached hydrogens (tertiary/aromatic N) is 1. The van der Waals surface area contributed by atoms with Crippen LogP contribution in [-0.2, 0) is 4.79 Å². The van der Waals surface area contributed by atoms with Crippen LogP contribution in [0.4, 0.5) is 0 Å². The van der Waals surface area contributed by atoms with Crippen LogP contribution in [0.25, 0.3) is 0 Å².